The van der Waals surface area contributed by atoms with E-state index in [4.69, 9.17) is 9.47 Å². The minimum absolute atomic E-state index is 0.0586. The number of sulfonamides is 1. The molecule has 1 aromatic heterocycles. The van der Waals surface area contributed by atoms with Crippen LogP contribution in [0.25, 0.3) is 0 Å². The van der Waals surface area contributed by atoms with E-state index in [-0.39, 0.29) is 37.0 Å². The number of hydrogen-bond donors (Lipinski definition) is 1. The highest BCUT2D eigenvalue weighted by Gasteiger charge is 2.28. The molecule has 3 aromatic rings. The number of halogens is 1. The fourth-order valence-corrected chi connectivity index (χ4v) is 5.49. The van der Waals surface area contributed by atoms with Crippen LogP contribution in [0.1, 0.15) is 18.1 Å². The van der Waals surface area contributed by atoms with Gasteiger partial charge in [-0.2, -0.15) is 4.31 Å². The fourth-order valence-electron chi connectivity index (χ4n) is 4.08. The maximum absolute atomic E-state index is 13.4. The zero-order chi connectivity index (χ0) is 28.5. The molecule has 1 atom stereocenters. The van der Waals surface area contributed by atoms with Gasteiger partial charge < -0.3 is 19.7 Å². The maximum atomic E-state index is 13.4. The first kappa shape index (κ1) is 29.1. The van der Waals surface area contributed by atoms with Gasteiger partial charge in [0.1, 0.15) is 17.6 Å². The van der Waals surface area contributed by atoms with Crippen LogP contribution in [0.3, 0.4) is 0 Å². The standard InChI is InChI=1S/C28H31FN4O6S/c1-21(28(35)31-18-22-10-12-30-13-11-22)33(19-23-2-4-24(29)5-3-23)27(34)20-39-25-6-8-26(9-7-25)40(36,37)32-14-16-38-17-15-32/h2-13,21H,14-20H2,1H3,(H,31,35)/t21-/m1/s1. The zero-order valence-corrected chi connectivity index (χ0v) is 22.8. The molecule has 0 unspecified atom stereocenters. The predicted molar refractivity (Wildman–Crippen MR) is 144 cm³/mol. The molecule has 1 aliphatic heterocycles. The lowest BCUT2D eigenvalue weighted by atomic mass is 10.1. The SMILES string of the molecule is C[C@H](C(=O)NCc1ccncc1)N(Cc1ccc(F)cc1)C(=O)COc1ccc(S(=O)(=O)N2CCOCC2)cc1. The average Bonchev–Trinajstić information content (AvgIpc) is 2.99. The second-order valence-electron chi connectivity index (χ2n) is 9.17. The highest BCUT2D eigenvalue weighted by atomic mass is 32.2. The molecule has 0 spiro atoms. The van der Waals surface area contributed by atoms with Crippen LogP contribution in [0.15, 0.2) is 78.0 Å². The van der Waals surface area contributed by atoms with Gasteiger partial charge in [-0.05, 0) is 66.6 Å². The average molecular weight is 571 g/mol. The van der Waals surface area contributed by atoms with Gasteiger partial charge in [-0.15, -0.1) is 0 Å². The van der Waals surface area contributed by atoms with E-state index in [1.807, 2.05) is 0 Å². The van der Waals surface area contributed by atoms with E-state index < -0.39 is 34.4 Å². The Balaban J connectivity index is 1.41. The molecule has 1 aliphatic rings. The molecule has 2 amide bonds. The number of benzene rings is 2. The van der Waals surface area contributed by atoms with Crippen LogP contribution in [-0.4, -0.2) is 73.4 Å². The van der Waals surface area contributed by atoms with Crippen molar-refractivity contribution in [1.82, 2.24) is 19.5 Å². The van der Waals surface area contributed by atoms with Crippen molar-refractivity contribution in [2.45, 2.75) is 31.0 Å². The van der Waals surface area contributed by atoms with Crippen molar-refractivity contribution in [2.24, 2.45) is 0 Å². The Morgan fingerprint density at radius 3 is 2.33 bits per heavy atom. The molecule has 0 radical (unpaired) electrons. The second-order valence-corrected chi connectivity index (χ2v) is 11.1. The largest absolute Gasteiger partial charge is 0.484 e. The van der Waals surface area contributed by atoms with Crippen molar-refractivity contribution in [1.29, 1.82) is 0 Å². The Morgan fingerprint density at radius 1 is 1.02 bits per heavy atom. The lowest BCUT2D eigenvalue weighted by Crippen LogP contribution is -2.48. The van der Waals surface area contributed by atoms with Crippen LogP contribution in [0.2, 0.25) is 0 Å². The summed E-state index contributed by atoms with van der Waals surface area (Å²) in [7, 11) is -3.66. The minimum Gasteiger partial charge on any atom is -0.484 e. The summed E-state index contributed by atoms with van der Waals surface area (Å²) in [5, 5.41) is 2.82. The molecule has 1 N–H and O–H groups in total. The number of aromatic nitrogens is 1. The number of rotatable bonds is 11. The van der Waals surface area contributed by atoms with Crippen LogP contribution in [0, 0.1) is 5.82 Å². The molecular formula is C28H31FN4O6S. The second kappa shape index (κ2) is 13.5. The third kappa shape index (κ3) is 7.62. The fraction of sp³-hybridized carbons (Fsp3) is 0.321. The molecule has 0 aliphatic carbocycles. The highest BCUT2D eigenvalue weighted by Crippen LogP contribution is 2.21. The van der Waals surface area contributed by atoms with Crippen LogP contribution in [-0.2, 0) is 37.4 Å². The summed E-state index contributed by atoms with van der Waals surface area (Å²) in [6.07, 6.45) is 3.24. The van der Waals surface area contributed by atoms with E-state index in [0.717, 1.165) is 5.56 Å². The van der Waals surface area contributed by atoms with Gasteiger partial charge in [-0.25, -0.2) is 12.8 Å². The maximum Gasteiger partial charge on any atom is 0.261 e. The molecule has 2 heterocycles. The summed E-state index contributed by atoms with van der Waals surface area (Å²) in [5.41, 5.74) is 1.50. The van der Waals surface area contributed by atoms with E-state index in [9.17, 15) is 22.4 Å². The number of nitrogens with one attached hydrogen (secondary N) is 1. The number of amides is 2. The molecule has 212 valence electrons. The summed E-state index contributed by atoms with van der Waals surface area (Å²) >= 11 is 0. The van der Waals surface area contributed by atoms with Crippen molar-refractivity contribution in [3.8, 4) is 5.75 Å². The quantitative estimate of drug-likeness (QED) is 0.376. The van der Waals surface area contributed by atoms with Crippen molar-refractivity contribution in [3.05, 3.63) is 90.0 Å². The number of pyridine rings is 1. The Hall–Kier alpha value is -3.87. The molecule has 1 saturated heterocycles. The minimum atomic E-state index is -3.66. The van der Waals surface area contributed by atoms with Gasteiger partial charge >= 0.3 is 0 Å². The van der Waals surface area contributed by atoms with Gasteiger partial charge in [0.05, 0.1) is 18.1 Å². The number of hydrogen-bond acceptors (Lipinski definition) is 7. The first-order valence-corrected chi connectivity index (χ1v) is 14.2. The topological polar surface area (TPSA) is 118 Å². The van der Waals surface area contributed by atoms with E-state index >= 15 is 0 Å². The van der Waals surface area contributed by atoms with Gasteiger partial charge in [0.15, 0.2) is 6.61 Å². The van der Waals surface area contributed by atoms with E-state index in [2.05, 4.69) is 10.3 Å². The molecule has 2 aromatic carbocycles. The summed E-state index contributed by atoms with van der Waals surface area (Å²) in [6, 6.07) is 14.2. The zero-order valence-electron chi connectivity index (χ0n) is 22.0. The van der Waals surface area contributed by atoms with Crippen molar-refractivity contribution < 1.29 is 31.9 Å². The Morgan fingerprint density at radius 2 is 1.68 bits per heavy atom. The Labute approximate surface area is 232 Å². The molecular weight excluding hydrogens is 539 g/mol. The first-order chi connectivity index (χ1) is 19.2. The third-order valence-electron chi connectivity index (χ3n) is 6.44. The van der Waals surface area contributed by atoms with Gasteiger partial charge in [-0.3, -0.25) is 14.6 Å². The molecule has 1 fully saturated rings. The van der Waals surface area contributed by atoms with Crippen molar-refractivity contribution in [3.63, 3.8) is 0 Å². The van der Waals surface area contributed by atoms with Crippen LogP contribution in [0.5, 0.6) is 5.75 Å². The molecule has 10 nitrogen and oxygen atoms in total. The summed E-state index contributed by atoms with van der Waals surface area (Å²) < 4.78 is 51.4. The summed E-state index contributed by atoms with van der Waals surface area (Å²) in [4.78, 5) is 31.6. The van der Waals surface area contributed by atoms with Gasteiger partial charge in [0.25, 0.3) is 5.91 Å². The van der Waals surface area contributed by atoms with Crippen LogP contribution in [0.4, 0.5) is 4.39 Å². The number of ether oxygens (including phenoxy) is 2. The van der Waals surface area contributed by atoms with Crippen molar-refractivity contribution >= 4 is 21.8 Å². The van der Waals surface area contributed by atoms with Crippen LogP contribution >= 0.6 is 0 Å². The molecule has 0 saturated carbocycles. The van der Waals surface area contributed by atoms with Crippen molar-refractivity contribution in [2.75, 3.05) is 32.9 Å². The third-order valence-corrected chi connectivity index (χ3v) is 8.36. The van der Waals surface area contributed by atoms with Gasteiger partial charge in [0, 0.05) is 38.6 Å². The first-order valence-electron chi connectivity index (χ1n) is 12.8. The number of nitrogens with zero attached hydrogens (tertiary/aromatic N) is 3. The van der Waals surface area contributed by atoms with E-state index in [0.29, 0.717) is 24.5 Å². The number of carbonyl (C=O) groups is 2. The lowest BCUT2D eigenvalue weighted by molar-refractivity contribution is -0.142. The van der Waals surface area contributed by atoms with Gasteiger partial charge in [-0.1, -0.05) is 12.1 Å². The molecule has 40 heavy (non-hydrogen) atoms. The smallest absolute Gasteiger partial charge is 0.261 e. The Kier molecular flexibility index (Phi) is 9.80. The van der Waals surface area contributed by atoms with Gasteiger partial charge in [0.2, 0.25) is 15.9 Å². The van der Waals surface area contributed by atoms with E-state index in [1.165, 1.54) is 45.6 Å². The highest BCUT2D eigenvalue weighted by molar-refractivity contribution is 7.89. The number of morpholine rings is 1. The molecule has 4 rings (SSSR count). The molecule has 12 heteroatoms. The van der Waals surface area contributed by atoms with E-state index in [1.54, 1.807) is 43.6 Å². The Bertz CT molecular complexity index is 1380. The number of carbonyl (C=O) groups excluding carboxylic acids is 2. The predicted octanol–water partition coefficient (Wildman–Crippen LogP) is 2.35. The molecule has 0 bridgehead atoms. The monoisotopic (exact) mass is 570 g/mol. The summed E-state index contributed by atoms with van der Waals surface area (Å²) in [6.45, 7) is 2.80. The lowest BCUT2D eigenvalue weighted by Gasteiger charge is -2.29. The van der Waals surface area contributed by atoms with Crippen LogP contribution < -0.4 is 10.1 Å². The summed E-state index contributed by atoms with van der Waals surface area (Å²) in [5.74, 6) is -0.955. The normalized spacial score (nSPS) is 14.8.